The Labute approximate surface area is 107 Å². The molecule has 18 heavy (non-hydrogen) atoms. The van der Waals surface area contributed by atoms with Crippen LogP contribution in [0.1, 0.15) is 27.7 Å². The zero-order valence-corrected chi connectivity index (χ0v) is 11.2. The van der Waals surface area contributed by atoms with Crippen molar-refractivity contribution in [1.29, 1.82) is 0 Å². The predicted molar refractivity (Wildman–Crippen MR) is 68.5 cm³/mol. The molecule has 0 saturated heterocycles. The second kappa shape index (κ2) is 4.84. The lowest BCUT2D eigenvalue weighted by Crippen LogP contribution is -2.39. The highest BCUT2D eigenvalue weighted by atomic mass is 16.4. The summed E-state index contributed by atoms with van der Waals surface area (Å²) >= 11 is 0. The van der Waals surface area contributed by atoms with E-state index in [9.17, 15) is 14.7 Å². The Morgan fingerprint density at radius 1 is 1.50 bits per heavy atom. The molecule has 0 aromatic rings. The van der Waals surface area contributed by atoms with Crippen molar-refractivity contribution in [2.75, 3.05) is 0 Å². The Kier molecular flexibility index (Phi) is 3.84. The van der Waals surface area contributed by atoms with Gasteiger partial charge in [-0.15, -0.1) is 0 Å². The molecule has 5 nitrogen and oxygen atoms in total. The van der Waals surface area contributed by atoms with Gasteiger partial charge in [0.25, 0.3) is 0 Å². The zero-order chi connectivity index (χ0) is 14.1. The summed E-state index contributed by atoms with van der Waals surface area (Å²) in [5.74, 6) is -1.80. The summed E-state index contributed by atoms with van der Waals surface area (Å²) in [5, 5.41) is 12.4. The number of rotatable bonds is 4. The van der Waals surface area contributed by atoms with E-state index in [-0.39, 0.29) is 17.5 Å². The maximum absolute atomic E-state index is 11.4. The Morgan fingerprint density at radius 2 is 2.06 bits per heavy atom. The number of aliphatic carboxylic acids is 1. The summed E-state index contributed by atoms with van der Waals surface area (Å²) in [6, 6.07) is 0.139. The van der Waals surface area contributed by atoms with Crippen LogP contribution in [-0.4, -0.2) is 23.0 Å². The molecule has 0 bridgehead atoms. The molecular formula is C13H20N2O3. The van der Waals surface area contributed by atoms with Gasteiger partial charge in [0.1, 0.15) is 0 Å². The van der Waals surface area contributed by atoms with Gasteiger partial charge in [-0.2, -0.15) is 0 Å². The Bertz CT molecular complexity index is 438. The molecule has 5 heteroatoms. The smallest absolute Gasteiger partial charge is 0.313 e. The molecule has 1 aliphatic rings. The molecule has 0 aromatic heterocycles. The molecule has 1 aliphatic carbocycles. The highest BCUT2D eigenvalue weighted by molar-refractivity contribution is 5.98. The molecule has 1 rings (SSSR count). The molecule has 4 N–H and O–H groups in total. The van der Waals surface area contributed by atoms with Crippen LogP contribution in [0.15, 0.2) is 23.4 Å². The standard InChI is InChI=1S/C13H20N2O3/c1-7(2)15-10-5-8(3)13(4,12(17)18)6-9(10)11(14)16/h5-8,15H,1-4H3,(H2,14,16)(H,17,18). The minimum Gasteiger partial charge on any atom is -0.481 e. The molecule has 0 fully saturated rings. The molecule has 0 radical (unpaired) electrons. The number of carboxylic acids is 1. The number of primary amides is 1. The van der Waals surface area contributed by atoms with Crippen LogP contribution in [0.2, 0.25) is 0 Å². The number of nitrogens with two attached hydrogens (primary N) is 1. The topological polar surface area (TPSA) is 92.4 Å². The highest BCUT2D eigenvalue weighted by Gasteiger charge is 2.40. The minimum absolute atomic E-state index is 0.139. The van der Waals surface area contributed by atoms with Crippen molar-refractivity contribution in [3.63, 3.8) is 0 Å². The average Bonchev–Trinajstić information content (AvgIpc) is 2.21. The van der Waals surface area contributed by atoms with Gasteiger partial charge in [-0.05, 0) is 26.7 Å². The van der Waals surface area contributed by atoms with Crippen molar-refractivity contribution >= 4 is 11.9 Å². The lowest BCUT2D eigenvalue weighted by molar-refractivity contribution is -0.146. The number of carbonyl (C=O) groups is 2. The van der Waals surface area contributed by atoms with Crippen LogP contribution in [0.4, 0.5) is 0 Å². The summed E-state index contributed by atoms with van der Waals surface area (Å²) in [6.45, 7) is 7.28. The van der Waals surface area contributed by atoms with Crippen LogP contribution in [0.5, 0.6) is 0 Å². The normalized spacial score (nSPS) is 27.5. The van der Waals surface area contributed by atoms with Crippen molar-refractivity contribution in [1.82, 2.24) is 5.32 Å². The van der Waals surface area contributed by atoms with Gasteiger partial charge in [0.15, 0.2) is 0 Å². The van der Waals surface area contributed by atoms with Gasteiger partial charge in [-0.25, -0.2) is 0 Å². The van der Waals surface area contributed by atoms with E-state index < -0.39 is 17.3 Å². The van der Waals surface area contributed by atoms with E-state index in [4.69, 9.17) is 5.73 Å². The summed E-state index contributed by atoms with van der Waals surface area (Å²) in [5.41, 5.74) is 5.07. The maximum Gasteiger partial charge on any atom is 0.313 e. The van der Waals surface area contributed by atoms with Crippen LogP contribution < -0.4 is 11.1 Å². The largest absolute Gasteiger partial charge is 0.481 e. The van der Waals surface area contributed by atoms with E-state index in [1.165, 1.54) is 6.08 Å². The third-order valence-corrected chi connectivity index (χ3v) is 3.27. The van der Waals surface area contributed by atoms with Gasteiger partial charge in [0, 0.05) is 11.7 Å². The van der Waals surface area contributed by atoms with Crippen LogP contribution >= 0.6 is 0 Å². The number of allylic oxidation sites excluding steroid dienone is 1. The number of carbonyl (C=O) groups excluding carboxylic acids is 1. The number of nitrogens with one attached hydrogen (secondary N) is 1. The average molecular weight is 252 g/mol. The van der Waals surface area contributed by atoms with E-state index >= 15 is 0 Å². The Hall–Kier alpha value is -1.78. The highest BCUT2D eigenvalue weighted by Crippen LogP contribution is 2.37. The second-order valence-corrected chi connectivity index (χ2v) is 5.18. The minimum atomic E-state index is -1.10. The van der Waals surface area contributed by atoms with Gasteiger partial charge in [0.05, 0.1) is 11.0 Å². The van der Waals surface area contributed by atoms with E-state index in [0.29, 0.717) is 5.70 Å². The van der Waals surface area contributed by atoms with E-state index in [0.717, 1.165) is 0 Å². The van der Waals surface area contributed by atoms with E-state index in [1.807, 2.05) is 20.8 Å². The molecule has 0 saturated carbocycles. The van der Waals surface area contributed by atoms with Gasteiger partial charge in [-0.1, -0.05) is 19.1 Å². The fraction of sp³-hybridized carbons (Fsp3) is 0.538. The maximum atomic E-state index is 11.4. The number of carboxylic acid groups (broad SMARTS) is 1. The lowest BCUT2D eigenvalue weighted by Gasteiger charge is -2.33. The van der Waals surface area contributed by atoms with Crippen LogP contribution in [-0.2, 0) is 9.59 Å². The summed E-state index contributed by atoms with van der Waals surface area (Å²) in [6.07, 6.45) is 3.21. The first-order valence-corrected chi connectivity index (χ1v) is 5.93. The Balaban J connectivity index is 3.23. The lowest BCUT2D eigenvalue weighted by atomic mass is 9.72. The summed E-state index contributed by atoms with van der Waals surface area (Å²) in [4.78, 5) is 22.8. The van der Waals surface area contributed by atoms with E-state index in [1.54, 1.807) is 13.0 Å². The molecule has 0 aliphatic heterocycles. The zero-order valence-electron chi connectivity index (χ0n) is 11.2. The number of hydrogen-bond acceptors (Lipinski definition) is 3. The van der Waals surface area contributed by atoms with Gasteiger partial charge < -0.3 is 16.2 Å². The monoisotopic (exact) mass is 252 g/mol. The molecule has 2 atom stereocenters. The van der Waals surface area contributed by atoms with Gasteiger partial charge >= 0.3 is 5.97 Å². The van der Waals surface area contributed by atoms with Gasteiger partial charge in [0.2, 0.25) is 5.91 Å². The van der Waals surface area contributed by atoms with Gasteiger partial charge in [-0.3, -0.25) is 9.59 Å². The predicted octanol–water partition coefficient (Wildman–Crippen LogP) is 1.02. The van der Waals surface area contributed by atoms with Crippen LogP contribution in [0.3, 0.4) is 0 Å². The van der Waals surface area contributed by atoms with Crippen molar-refractivity contribution in [2.45, 2.75) is 33.7 Å². The molecule has 1 amide bonds. The molecule has 2 unspecified atom stereocenters. The molecule has 0 aromatic carbocycles. The van der Waals surface area contributed by atoms with Crippen molar-refractivity contribution < 1.29 is 14.7 Å². The fourth-order valence-electron chi connectivity index (χ4n) is 1.92. The third-order valence-electron chi connectivity index (χ3n) is 3.27. The third kappa shape index (κ3) is 2.55. The molecule has 0 spiro atoms. The first-order chi connectivity index (χ1) is 8.18. The first-order valence-electron chi connectivity index (χ1n) is 5.93. The quantitative estimate of drug-likeness (QED) is 0.696. The first kappa shape index (κ1) is 14.3. The SMILES string of the molecule is CC(C)NC1=CC(C)C(C)(C(=O)O)C=C1C(N)=O. The number of hydrogen-bond donors (Lipinski definition) is 3. The van der Waals surface area contributed by atoms with Crippen molar-refractivity contribution in [2.24, 2.45) is 17.1 Å². The van der Waals surface area contributed by atoms with Crippen LogP contribution in [0, 0.1) is 11.3 Å². The summed E-state index contributed by atoms with van der Waals surface area (Å²) < 4.78 is 0. The molecule has 100 valence electrons. The fourth-order valence-corrected chi connectivity index (χ4v) is 1.92. The van der Waals surface area contributed by atoms with E-state index in [2.05, 4.69) is 5.32 Å². The molecule has 0 heterocycles. The number of amides is 1. The van der Waals surface area contributed by atoms with Crippen LogP contribution in [0.25, 0.3) is 0 Å². The Morgan fingerprint density at radius 3 is 2.44 bits per heavy atom. The van der Waals surface area contributed by atoms with Crippen molar-refractivity contribution in [3.05, 3.63) is 23.4 Å². The second-order valence-electron chi connectivity index (χ2n) is 5.18. The summed E-state index contributed by atoms with van der Waals surface area (Å²) in [7, 11) is 0. The molecular weight excluding hydrogens is 232 g/mol. The van der Waals surface area contributed by atoms with Crippen molar-refractivity contribution in [3.8, 4) is 0 Å².